The number of hydrogen-bond donors (Lipinski definition) is 0. The number of nitrogens with zero attached hydrogens (tertiary/aromatic N) is 2. The van der Waals surface area contributed by atoms with E-state index in [1.165, 1.54) is 89.9 Å². The van der Waals surface area contributed by atoms with Crippen LogP contribution >= 0.6 is 31.9 Å². The lowest BCUT2D eigenvalue weighted by molar-refractivity contribution is 0.256. The lowest BCUT2D eigenvalue weighted by Crippen LogP contribution is -2.06. The molecule has 1 aromatic heterocycles. The van der Waals surface area contributed by atoms with Gasteiger partial charge >= 0.3 is 0 Å². The summed E-state index contributed by atoms with van der Waals surface area (Å²) in [6.45, 7) is 9.88. The van der Waals surface area contributed by atoms with Gasteiger partial charge in [-0.25, -0.2) is 9.97 Å². The number of aromatic nitrogens is 2. The lowest BCUT2D eigenvalue weighted by atomic mass is 10.1. The van der Waals surface area contributed by atoms with E-state index in [0.717, 1.165) is 55.7 Å². The fourth-order valence-corrected chi connectivity index (χ4v) is 5.54. The summed E-state index contributed by atoms with van der Waals surface area (Å²) in [6.07, 6.45) is 20.5. The van der Waals surface area contributed by atoms with E-state index in [2.05, 4.69) is 45.7 Å². The summed E-state index contributed by atoms with van der Waals surface area (Å²) < 4.78 is 14.3. The Balaban J connectivity index is 1.98. The largest absolute Gasteiger partial charge is 0.488 e. The average Bonchev–Trinajstić information content (AvgIpc) is 2.87. The van der Waals surface area contributed by atoms with Crippen molar-refractivity contribution in [3.63, 3.8) is 0 Å². The molecular formula is C30H48Br2N2O2. The maximum Gasteiger partial charge on any atom is 0.178 e. The Morgan fingerprint density at radius 2 is 0.806 bits per heavy atom. The number of hydrogen-bond acceptors (Lipinski definition) is 4. The van der Waals surface area contributed by atoms with Crippen molar-refractivity contribution < 1.29 is 9.47 Å². The van der Waals surface area contributed by atoms with Gasteiger partial charge in [-0.3, -0.25) is 0 Å². The zero-order chi connectivity index (χ0) is 26.2. The van der Waals surface area contributed by atoms with E-state index in [-0.39, 0.29) is 0 Å². The molecule has 0 aliphatic carbocycles. The monoisotopic (exact) mass is 626 g/mol. The van der Waals surface area contributed by atoms with Crippen LogP contribution in [0.3, 0.4) is 0 Å². The molecule has 0 bridgehead atoms. The molecule has 0 unspecified atom stereocenters. The van der Waals surface area contributed by atoms with Crippen LogP contribution in [0.25, 0.3) is 11.0 Å². The van der Waals surface area contributed by atoms with E-state index in [9.17, 15) is 0 Å². The number of halogens is 2. The van der Waals surface area contributed by atoms with Crippen LogP contribution in [0.2, 0.25) is 0 Å². The smallest absolute Gasteiger partial charge is 0.178 e. The minimum Gasteiger partial charge on any atom is -0.488 e. The third-order valence-electron chi connectivity index (χ3n) is 6.82. The van der Waals surface area contributed by atoms with Crippen molar-refractivity contribution in [2.45, 2.75) is 130 Å². The van der Waals surface area contributed by atoms with Gasteiger partial charge < -0.3 is 9.47 Å². The van der Waals surface area contributed by atoms with Crippen LogP contribution < -0.4 is 9.47 Å². The lowest BCUT2D eigenvalue weighted by Gasteiger charge is -2.18. The van der Waals surface area contributed by atoms with Crippen molar-refractivity contribution in [1.29, 1.82) is 0 Å². The van der Waals surface area contributed by atoms with Gasteiger partial charge in [-0.1, -0.05) is 104 Å². The summed E-state index contributed by atoms with van der Waals surface area (Å²) >= 11 is 7.56. The van der Waals surface area contributed by atoms with Crippen molar-refractivity contribution in [2.75, 3.05) is 13.2 Å². The normalized spacial score (nSPS) is 11.4. The van der Waals surface area contributed by atoms with E-state index < -0.39 is 0 Å². The Morgan fingerprint density at radius 3 is 1.14 bits per heavy atom. The average molecular weight is 629 g/mol. The number of fused-ring (bicyclic) bond motifs is 1. The number of aryl methyl sites for hydroxylation is 2. The molecule has 0 aliphatic heterocycles. The Hall–Kier alpha value is -0.880. The molecule has 0 aliphatic rings. The molecule has 0 atom stereocenters. The number of ether oxygens (including phenoxy) is 2. The summed E-state index contributed by atoms with van der Waals surface area (Å²) in [5, 5.41) is 0. The molecule has 1 heterocycles. The standard InChI is InChI=1S/C30H48Br2N2O2/c1-5-7-9-11-13-15-17-19-21-35-29-25(31)27-28(34-24(4)23(3)33-27)26(32)30(29)36-22-20-18-16-14-12-10-8-6-2/h5-22H2,1-4H3. The third kappa shape index (κ3) is 10.5. The second-order valence-electron chi connectivity index (χ2n) is 10.0. The van der Waals surface area contributed by atoms with E-state index >= 15 is 0 Å². The first-order valence-corrected chi connectivity index (χ1v) is 16.0. The molecule has 0 amide bonds. The van der Waals surface area contributed by atoms with E-state index in [0.29, 0.717) is 13.2 Å². The molecule has 0 fully saturated rings. The summed E-state index contributed by atoms with van der Waals surface area (Å²) in [4.78, 5) is 9.61. The van der Waals surface area contributed by atoms with Gasteiger partial charge in [0, 0.05) is 0 Å². The highest BCUT2D eigenvalue weighted by atomic mass is 79.9. The highest BCUT2D eigenvalue weighted by Gasteiger charge is 2.22. The van der Waals surface area contributed by atoms with Crippen LogP contribution in [0.5, 0.6) is 11.5 Å². The van der Waals surface area contributed by atoms with Gasteiger partial charge in [0.25, 0.3) is 0 Å². The van der Waals surface area contributed by atoms with Gasteiger partial charge in [0.05, 0.1) is 33.5 Å². The molecule has 204 valence electrons. The van der Waals surface area contributed by atoms with Crippen LogP contribution in [0.15, 0.2) is 8.95 Å². The van der Waals surface area contributed by atoms with Crippen LogP contribution in [0.1, 0.15) is 128 Å². The minimum absolute atomic E-state index is 0.678. The van der Waals surface area contributed by atoms with Gasteiger partial charge in [-0.15, -0.1) is 0 Å². The fraction of sp³-hybridized carbons (Fsp3) is 0.733. The second kappa shape index (κ2) is 18.4. The molecule has 0 saturated heterocycles. The third-order valence-corrected chi connectivity index (χ3v) is 8.29. The molecule has 6 heteroatoms. The highest BCUT2D eigenvalue weighted by molar-refractivity contribution is 9.11. The summed E-state index contributed by atoms with van der Waals surface area (Å²) in [7, 11) is 0. The van der Waals surface area contributed by atoms with Crippen LogP contribution in [0, 0.1) is 13.8 Å². The number of unbranched alkanes of at least 4 members (excludes halogenated alkanes) is 14. The van der Waals surface area contributed by atoms with Gasteiger partial charge in [0.1, 0.15) is 11.0 Å². The number of benzene rings is 1. The van der Waals surface area contributed by atoms with Crippen molar-refractivity contribution in [3.05, 3.63) is 20.3 Å². The summed E-state index contributed by atoms with van der Waals surface area (Å²) in [5.74, 6) is 1.49. The summed E-state index contributed by atoms with van der Waals surface area (Å²) in [6, 6.07) is 0. The first-order valence-electron chi connectivity index (χ1n) is 14.4. The molecule has 4 nitrogen and oxygen atoms in total. The molecular weight excluding hydrogens is 580 g/mol. The maximum atomic E-state index is 6.34. The molecule has 0 N–H and O–H groups in total. The molecule has 0 radical (unpaired) electrons. The maximum absolute atomic E-state index is 6.34. The zero-order valence-corrected chi connectivity index (χ0v) is 26.4. The second-order valence-corrected chi connectivity index (χ2v) is 11.6. The van der Waals surface area contributed by atoms with Crippen LogP contribution in [0.4, 0.5) is 0 Å². The fourth-order valence-electron chi connectivity index (χ4n) is 4.40. The Kier molecular flexibility index (Phi) is 16.0. The molecule has 2 aromatic rings. The predicted molar refractivity (Wildman–Crippen MR) is 161 cm³/mol. The Morgan fingerprint density at radius 1 is 0.500 bits per heavy atom. The molecule has 2 rings (SSSR count). The van der Waals surface area contributed by atoms with Gasteiger partial charge in [0.15, 0.2) is 11.5 Å². The molecule has 36 heavy (non-hydrogen) atoms. The van der Waals surface area contributed by atoms with Crippen LogP contribution in [-0.2, 0) is 0 Å². The van der Waals surface area contributed by atoms with E-state index in [1.54, 1.807) is 0 Å². The van der Waals surface area contributed by atoms with Gasteiger partial charge in [-0.2, -0.15) is 0 Å². The molecule has 1 aromatic carbocycles. The first kappa shape index (κ1) is 31.3. The van der Waals surface area contributed by atoms with Crippen molar-refractivity contribution in [1.82, 2.24) is 9.97 Å². The van der Waals surface area contributed by atoms with E-state index in [1.807, 2.05) is 13.8 Å². The molecule has 0 saturated carbocycles. The Bertz CT molecular complexity index is 832. The minimum atomic E-state index is 0.678. The Labute approximate surface area is 237 Å². The number of rotatable bonds is 20. The first-order chi connectivity index (χ1) is 17.5. The topological polar surface area (TPSA) is 44.2 Å². The van der Waals surface area contributed by atoms with Gasteiger partial charge in [-0.05, 0) is 58.5 Å². The van der Waals surface area contributed by atoms with Gasteiger partial charge in [0.2, 0.25) is 0 Å². The van der Waals surface area contributed by atoms with Crippen LogP contribution in [-0.4, -0.2) is 23.2 Å². The van der Waals surface area contributed by atoms with E-state index in [4.69, 9.17) is 19.4 Å². The van der Waals surface area contributed by atoms with Crippen molar-refractivity contribution in [2.24, 2.45) is 0 Å². The molecule has 0 spiro atoms. The van der Waals surface area contributed by atoms with Crippen molar-refractivity contribution in [3.8, 4) is 11.5 Å². The quantitative estimate of drug-likeness (QED) is 0.137. The SMILES string of the molecule is CCCCCCCCCCOc1c(OCCCCCCCCCC)c(Br)c2nc(C)c(C)nc2c1Br. The summed E-state index contributed by atoms with van der Waals surface area (Å²) in [5.41, 5.74) is 3.49. The highest BCUT2D eigenvalue weighted by Crippen LogP contribution is 2.46. The zero-order valence-electron chi connectivity index (χ0n) is 23.2. The van der Waals surface area contributed by atoms with Crippen molar-refractivity contribution >= 4 is 42.9 Å². The predicted octanol–water partition coefficient (Wildman–Crippen LogP) is 10.8.